The van der Waals surface area contributed by atoms with Crippen LogP contribution in [0.25, 0.3) is 0 Å². The number of amides is 1. The number of fused-ring (bicyclic) bond motifs is 1. The Balaban J connectivity index is 1.50. The van der Waals surface area contributed by atoms with Crippen LogP contribution in [0.1, 0.15) is 30.9 Å². The largest absolute Gasteiger partial charge is 0.490 e. The molecule has 0 aliphatic carbocycles. The van der Waals surface area contributed by atoms with E-state index in [1.54, 1.807) is 22.4 Å². The second-order valence-electron chi connectivity index (χ2n) is 7.19. The molecule has 0 saturated carbocycles. The van der Waals surface area contributed by atoms with Gasteiger partial charge in [0.2, 0.25) is 5.91 Å². The highest BCUT2D eigenvalue weighted by Gasteiger charge is 2.33. The minimum atomic E-state index is -3.65. The number of benzene rings is 1. The minimum Gasteiger partial charge on any atom is -0.490 e. The van der Waals surface area contributed by atoms with Gasteiger partial charge in [-0.1, -0.05) is 12.1 Å². The van der Waals surface area contributed by atoms with E-state index in [4.69, 9.17) is 9.47 Å². The fourth-order valence-corrected chi connectivity index (χ4v) is 6.05. The van der Waals surface area contributed by atoms with Crippen LogP contribution in [0.3, 0.4) is 0 Å². The minimum absolute atomic E-state index is 0.0857. The standard InChI is InChI=1S/C20H24N2O5S2/c1-21(29(24,25)20-6-3-12-28-20)14-19(23)22-9-2-5-16(22)15-7-8-17-18(13-15)27-11-4-10-26-17/h3,6-8,12-13,16H,2,4-5,9-11,14H2,1H3/t16-/m0/s1. The number of likely N-dealkylation sites (N-methyl/N-ethyl adjacent to an activating group) is 1. The van der Waals surface area contributed by atoms with E-state index in [0.29, 0.717) is 25.5 Å². The molecule has 3 heterocycles. The predicted octanol–water partition coefficient (Wildman–Crippen LogP) is 2.89. The zero-order valence-electron chi connectivity index (χ0n) is 16.2. The summed E-state index contributed by atoms with van der Waals surface area (Å²) in [6.45, 7) is 1.67. The lowest BCUT2D eigenvalue weighted by atomic mass is 10.0. The first-order valence-corrected chi connectivity index (χ1v) is 12.0. The van der Waals surface area contributed by atoms with Gasteiger partial charge < -0.3 is 14.4 Å². The van der Waals surface area contributed by atoms with Gasteiger partial charge in [-0.25, -0.2) is 8.42 Å². The van der Waals surface area contributed by atoms with Gasteiger partial charge >= 0.3 is 0 Å². The van der Waals surface area contributed by atoms with E-state index in [0.717, 1.165) is 46.2 Å². The van der Waals surface area contributed by atoms with Gasteiger partial charge in [0.1, 0.15) is 4.21 Å². The average Bonchev–Trinajstić information content (AvgIpc) is 3.36. The summed E-state index contributed by atoms with van der Waals surface area (Å²) in [6, 6.07) is 8.96. The summed E-state index contributed by atoms with van der Waals surface area (Å²) in [5.41, 5.74) is 0.990. The van der Waals surface area contributed by atoms with Crippen LogP contribution in [-0.4, -0.2) is 56.9 Å². The summed E-state index contributed by atoms with van der Waals surface area (Å²) in [5, 5.41) is 1.71. The molecule has 0 unspecified atom stereocenters. The van der Waals surface area contributed by atoms with Crippen molar-refractivity contribution in [1.29, 1.82) is 0 Å². The van der Waals surface area contributed by atoms with Crippen molar-refractivity contribution in [2.24, 2.45) is 0 Å². The number of carbonyl (C=O) groups is 1. The maximum absolute atomic E-state index is 13.0. The topological polar surface area (TPSA) is 76.2 Å². The molecule has 1 aromatic heterocycles. The Bertz CT molecular complexity index is 975. The van der Waals surface area contributed by atoms with Gasteiger partial charge in [-0.05, 0) is 42.0 Å². The lowest BCUT2D eigenvalue weighted by Gasteiger charge is -2.27. The van der Waals surface area contributed by atoms with Crippen LogP contribution in [0.5, 0.6) is 11.5 Å². The van der Waals surface area contributed by atoms with E-state index in [2.05, 4.69) is 0 Å². The molecule has 2 aliphatic rings. The van der Waals surface area contributed by atoms with Gasteiger partial charge in [-0.15, -0.1) is 11.3 Å². The summed E-state index contributed by atoms with van der Waals surface area (Å²) < 4.78 is 38.1. The molecule has 156 valence electrons. The molecular weight excluding hydrogens is 412 g/mol. The highest BCUT2D eigenvalue weighted by atomic mass is 32.2. The van der Waals surface area contributed by atoms with E-state index < -0.39 is 10.0 Å². The zero-order valence-corrected chi connectivity index (χ0v) is 17.9. The smallest absolute Gasteiger partial charge is 0.252 e. The summed E-state index contributed by atoms with van der Waals surface area (Å²) in [5.74, 6) is 1.24. The van der Waals surface area contributed by atoms with Crippen molar-refractivity contribution >= 4 is 27.3 Å². The van der Waals surface area contributed by atoms with E-state index in [-0.39, 0.29) is 22.7 Å². The lowest BCUT2D eigenvalue weighted by molar-refractivity contribution is -0.132. The van der Waals surface area contributed by atoms with Crippen molar-refractivity contribution < 1.29 is 22.7 Å². The molecule has 1 amide bonds. The molecule has 1 saturated heterocycles. The Morgan fingerprint density at radius 3 is 2.76 bits per heavy atom. The number of nitrogens with zero attached hydrogens (tertiary/aromatic N) is 2. The molecule has 7 nitrogen and oxygen atoms in total. The average molecular weight is 437 g/mol. The number of carbonyl (C=O) groups excluding carboxylic acids is 1. The van der Waals surface area contributed by atoms with E-state index >= 15 is 0 Å². The molecule has 1 atom stereocenters. The molecule has 0 N–H and O–H groups in total. The zero-order chi connectivity index (χ0) is 20.4. The Morgan fingerprint density at radius 1 is 1.21 bits per heavy atom. The van der Waals surface area contributed by atoms with E-state index in [9.17, 15) is 13.2 Å². The predicted molar refractivity (Wildman–Crippen MR) is 110 cm³/mol. The molecule has 29 heavy (non-hydrogen) atoms. The van der Waals surface area contributed by atoms with Crippen LogP contribution in [0.15, 0.2) is 39.9 Å². The Labute approximate surface area is 174 Å². The second-order valence-corrected chi connectivity index (χ2v) is 10.4. The van der Waals surface area contributed by atoms with Crippen LogP contribution in [0, 0.1) is 0 Å². The lowest BCUT2D eigenvalue weighted by Crippen LogP contribution is -2.40. The summed E-state index contributed by atoms with van der Waals surface area (Å²) in [6.07, 6.45) is 2.56. The summed E-state index contributed by atoms with van der Waals surface area (Å²) in [7, 11) is -2.20. The van der Waals surface area contributed by atoms with E-state index in [1.165, 1.54) is 7.05 Å². The Hall–Kier alpha value is -2.10. The van der Waals surface area contributed by atoms with Crippen LogP contribution in [0.2, 0.25) is 0 Å². The maximum Gasteiger partial charge on any atom is 0.252 e. The molecular formula is C20H24N2O5S2. The number of ether oxygens (including phenoxy) is 2. The third-order valence-electron chi connectivity index (χ3n) is 5.25. The van der Waals surface area contributed by atoms with Gasteiger partial charge in [0, 0.05) is 20.0 Å². The summed E-state index contributed by atoms with van der Waals surface area (Å²) >= 11 is 1.15. The maximum atomic E-state index is 13.0. The van der Waals surface area contributed by atoms with Gasteiger partial charge in [0.15, 0.2) is 11.5 Å². The first kappa shape index (κ1) is 20.2. The highest BCUT2D eigenvalue weighted by Crippen LogP contribution is 2.38. The number of rotatable bonds is 5. The molecule has 9 heteroatoms. The number of hydrogen-bond acceptors (Lipinski definition) is 6. The number of likely N-dealkylation sites (tertiary alicyclic amines) is 1. The van der Waals surface area contributed by atoms with E-state index in [1.807, 2.05) is 18.2 Å². The first-order chi connectivity index (χ1) is 14.0. The van der Waals surface area contributed by atoms with Crippen LogP contribution < -0.4 is 9.47 Å². The highest BCUT2D eigenvalue weighted by molar-refractivity contribution is 7.91. The van der Waals surface area contributed by atoms with Crippen molar-refractivity contribution in [2.75, 3.05) is 33.4 Å². The number of thiophene rings is 1. The normalized spacial score (nSPS) is 19.4. The fraction of sp³-hybridized carbons (Fsp3) is 0.450. The third kappa shape index (κ3) is 4.12. The van der Waals surface area contributed by atoms with Crippen molar-refractivity contribution in [3.8, 4) is 11.5 Å². The Morgan fingerprint density at radius 2 is 2.00 bits per heavy atom. The molecule has 0 radical (unpaired) electrons. The first-order valence-electron chi connectivity index (χ1n) is 9.65. The number of sulfonamides is 1. The van der Waals surface area contributed by atoms with Crippen molar-refractivity contribution in [3.63, 3.8) is 0 Å². The van der Waals surface area contributed by atoms with Gasteiger partial charge in [0.25, 0.3) is 10.0 Å². The molecule has 4 rings (SSSR count). The van der Waals surface area contributed by atoms with Gasteiger partial charge in [-0.2, -0.15) is 4.31 Å². The molecule has 1 fully saturated rings. The van der Waals surface area contributed by atoms with Crippen LogP contribution in [0.4, 0.5) is 0 Å². The monoisotopic (exact) mass is 436 g/mol. The SMILES string of the molecule is CN(CC(=O)N1CCC[C@H]1c1ccc2c(c1)OCCCO2)S(=O)(=O)c1cccs1. The molecule has 2 aromatic rings. The van der Waals surface area contributed by atoms with Crippen molar-refractivity contribution in [1.82, 2.24) is 9.21 Å². The fourth-order valence-electron chi connectivity index (χ4n) is 3.73. The van der Waals surface area contributed by atoms with Crippen molar-refractivity contribution in [3.05, 3.63) is 41.3 Å². The molecule has 0 spiro atoms. The molecule has 2 aliphatic heterocycles. The second kappa shape index (κ2) is 8.33. The van der Waals surface area contributed by atoms with Gasteiger partial charge in [0.05, 0.1) is 25.8 Å². The van der Waals surface area contributed by atoms with Gasteiger partial charge in [-0.3, -0.25) is 4.79 Å². The Kier molecular flexibility index (Phi) is 5.80. The number of hydrogen-bond donors (Lipinski definition) is 0. The third-order valence-corrected chi connectivity index (χ3v) is 8.42. The quantitative estimate of drug-likeness (QED) is 0.720. The molecule has 0 bridgehead atoms. The van der Waals surface area contributed by atoms with Crippen molar-refractivity contribution in [2.45, 2.75) is 29.5 Å². The summed E-state index contributed by atoms with van der Waals surface area (Å²) in [4.78, 5) is 14.7. The van der Waals surface area contributed by atoms with Crippen LogP contribution >= 0.6 is 11.3 Å². The molecule has 1 aromatic carbocycles. The van der Waals surface area contributed by atoms with Crippen LogP contribution in [-0.2, 0) is 14.8 Å².